The van der Waals surface area contributed by atoms with Crippen molar-refractivity contribution in [3.05, 3.63) is 70.0 Å². The molecule has 0 atom stereocenters. The number of aromatic nitrogens is 3. The standard InChI is InChI=1S/C25H31N5O3/c1-18(2)14-28-16-20(23(31)21(17-28)25(33)29-10-6-3-4-7-11-29)24(32)26-13-19-15-30-12-8-5-9-22(30)27-19/h5,8-9,12,15-18H,3-4,6-7,10-11,13-14H2,1-2H3,(H,26,32). The Morgan fingerprint density at radius 3 is 2.45 bits per heavy atom. The molecular weight excluding hydrogens is 418 g/mol. The maximum absolute atomic E-state index is 13.2. The summed E-state index contributed by atoms with van der Waals surface area (Å²) in [6.07, 6.45) is 10.9. The Kier molecular flexibility index (Phi) is 6.91. The lowest BCUT2D eigenvalue weighted by molar-refractivity contribution is 0.0759. The highest BCUT2D eigenvalue weighted by molar-refractivity contribution is 5.99. The van der Waals surface area contributed by atoms with Crippen LogP contribution in [0.3, 0.4) is 0 Å². The van der Waals surface area contributed by atoms with E-state index in [0.717, 1.165) is 31.3 Å². The molecule has 1 aliphatic heterocycles. The highest BCUT2D eigenvalue weighted by atomic mass is 16.2. The summed E-state index contributed by atoms with van der Waals surface area (Å²) < 4.78 is 3.66. The molecule has 1 fully saturated rings. The number of carbonyl (C=O) groups is 2. The number of imidazole rings is 1. The van der Waals surface area contributed by atoms with Crippen molar-refractivity contribution in [2.24, 2.45) is 5.92 Å². The van der Waals surface area contributed by atoms with Gasteiger partial charge >= 0.3 is 0 Å². The van der Waals surface area contributed by atoms with Crippen LogP contribution < -0.4 is 10.7 Å². The van der Waals surface area contributed by atoms with Crippen LogP contribution in [-0.2, 0) is 13.1 Å². The van der Waals surface area contributed by atoms with Gasteiger partial charge in [0.1, 0.15) is 16.8 Å². The summed E-state index contributed by atoms with van der Waals surface area (Å²) in [5, 5.41) is 2.80. The van der Waals surface area contributed by atoms with Gasteiger partial charge in [-0.25, -0.2) is 4.98 Å². The van der Waals surface area contributed by atoms with Crippen molar-refractivity contribution >= 4 is 17.5 Å². The summed E-state index contributed by atoms with van der Waals surface area (Å²) in [5.74, 6) is -0.489. The number of nitrogens with zero attached hydrogens (tertiary/aromatic N) is 4. The van der Waals surface area contributed by atoms with Gasteiger partial charge in [0.05, 0.1) is 12.2 Å². The van der Waals surface area contributed by atoms with Gasteiger partial charge in [-0.15, -0.1) is 0 Å². The van der Waals surface area contributed by atoms with Gasteiger partial charge in [0.25, 0.3) is 11.8 Å². The number of hydrogen-bond acceptors (Lipinski definition) is 4. The minimum absolute atomic E-state index is 0.0138. The number of fused-ring (bicyclic) bond motifs is 1. The quantitative estimate of drug-likeness (QED) is 0.626. The molecule has 1 N–H and O–H groups in total. The summed E-state index contributed by atoms with van der Waals surface area (Å²) >= 11 is 0. The Balaban J connectivity index is 1.59. The number of rotatable bonds is 6. The molecule has 2 amide bonds. The number of likely N-dealkylation sites (tertiary alicyclic amines) is 1. The zero-order valence-corrected chi connectivity index (χ0v) is 19.3. The highest BCUT2D eigenvalue weighted by Gasteiger charge is 2.24. The minimum atomic E-state index is -0.517. The number of nitrogens with one attached hydrogen (secondary N) is 1. The molecule has 0 aromatic carbocycles. The Morgan fingerprint density at radius 1 is 1.03 bits per heavy atom. The van der Waals surface area contributed by atoms with Crippen LogP contribution in [0.4, 0.5) is 0 Å². The second-order valence-corrected chi connectivity index (χ2v) is 9.09. The lowest BCUT2D eigenvalue weighted by Crippen LogP contribution is -2.38. The summed E-state index contributed by atoms with van der Waals surface area (Å²) in [7, 11) is 0. The molecule has 4 heterocycles. The van der Waals surface area contributed by atoms with E-state index >= 15 is 0 Å². The Labute approximate surface area is 193 Å². The number of amides is 2. The minimum Gasteiger partial charge on any atom is -0.352 e. The lowest BCUT2D eigenvalue weighted by atomic mass is 10.1. The molecule has 0 aliphatic carbocycles. The second-order valence-electron chi connectivity index (χ2n) is 9.09. The third-order valence-corrected chi connectivity index (χ3v) is 5.87. The van der Waals surface area contributed by atoms with E-state index in [1.807, 2.05) is 35.0 Å². The predicted octanol–water partition coefficient (Wildman–Crippen LogP) is 3.10. The summed E-state index contributed by atoms with van der Waals surface area (Å²) in [5.41, 5.74) is 1.01. The Hall–Kier alpha value is -3.42. The van der Waals surface area contributed by atoms with E-state index in [9.17, 15) is 14.4 Å². The molecule has 8 heteroatoms. The smallest absolute Gasteiger partial charge is 0.259 e. The lowest BCUT2D eigenvalue weighted by Gasteiger charge is -2.21. The van der Waals surface area contributed by atoms with E-state index < -0.39 is 11.3 Å². The fourth-order valence-corrected chi connectivity index (χ4v) is 4.25. The zero-order chi connectivity index (χ0) is 23.4. The molecule has 3 aromatic heterocycles. The molecule has 0 spiro atoms. The molecule has 1 saturated heterocycles. The van der Waals surface area contributed by atoms with Crippen LogP contribution in [0.1, 0.15) is 65.9 Å². The van der Waals surface area contributed by atoms with Crippen LogP contribution >= 0.6 is 0 Å². The normalized spacial score (nSPS) is 14.5. The van der Waals surface area contributed by atoms with Crippen molar-refractivity contribution in [2.45, 2.75) is 52.6 Å². The second kappa shape index (κ2) is 10.0. The van der Waals surface area contributed by atoms with Crippen LogP contribution in [0.15, 0.2) is 47.8 Å². The number of pyridine rings is 2. The monoisotopic (exact) mass is 449 g/mol. The zero-order valence-electron chi connectivity index (χ0n) is 19.3. The van der Waals surface area contributed by atoms with Gasteiger partial charge in [0.15, 0.2) is 0 Å². The van der Waals surface area contributed by atoms with Crippen molar-refractivity contribution < 1.29 is 9.59 Å². The van der Waals surface area contributed by atoms with E-state index in [0.29, 0.717) is 31.2 Å². The van der Waals surface area contributed by atoms with Crippen LogP contribution in [0.2, 0.25) is 0 Å². The van der Waals surface area contributed by atoms with Crippen molar-refractivity contribution in [3.63, 3.8) is 0 Å². The molecule has 0 radical (unpaired) electrons. The van der Waals surface area contributed by atoms with Crippen molar-refractivity contribution in [1.29, 1.82) is 0 Å². The number of hydrogen-bond donors (Lipinski definition) is 1. The molecule has 174 valence electrons. The fraction of sp³-hybridized carbons (Fsp3) is 0.440. The maximum atomic E-state index is 13.2. The molecule has 8 nitrogen and oxygen atoms in total. The largest absolute Gasteiger partial charge is 0.352 e. The topological polar surface area (TPSA) is 88.7 Å². The van der Waals surface area contributed by atoms with Crippen LogP contribution in [0, 0.1) is 5.92 Å². The summed E-state index contributed by atoms with van der Waals surface area (Å²) in [6.45, 7) is 6.19. The highest BCUT2D eigenvalue weighted by Crippen LogP contribution is 2.13. The van der Waals surface area contributed by atoms with E-state index in [2.05, 4.69) is 24.1 Å². The van der Waals surface area contributed by atoms with Gasteiger partial charge in [-0.2, -0.15) is 0 Å². The Morgan fingerprint density at radius 2 is 1.76 bits per heavy atom. The molecule has 33 heavy (non-hydrogen) atoms. The average Bonchev–Trinajstić information content (AvgIpc) is 3.01. The number of carbonyl (C=O) groups excluding carboxylic acids is 2. The van der Waals surface area contributed by atoms with Crippen molar-refractivity contribution in [1.82, 2.24) is 24.2 Å². The van der Waals surface area contributed by atoms with E-state index in [4.69, 9.17) is 0 Å². The van der Waals surface area contributed by atoms with Crippen LogP contribution in [0.25, 0.3) is 5.65 Å². The Bertz CT molecular complexity index is 1170. The van der Waals surface area contributed by atoms with E-state index in [1.165, 1.54) is 0 Å². The van der Waals surface area contributed by atoms with Gasteiger partial charge in [0, 0.05) is 44.4 Å². The molecule has 1 aliphatic rings. The van der Waals surface area contributed by atoms with Gasteiger partial charge in [-0.1, -0.05) is 32.8 Å². The molecule has 4 rings (SSSR count). The van der Waals surface area contributed by atoms with Gasteiger partial charge in [0.2, 0.25) is 5.43 Å². The van der Waals surface area contributed by atoms with Gasteiger partial charge < -0.3 is 19.2 Å². The fourth-order valence-electron chi connectivity index (χ4n) is 4.25. The predicted molar refractivity (Wildman–Crippen MR) is 126 cm³/mol. The summed E-state index contributed by atoms with van der Waals surface area (Å²) in [6, 6.07) is 5.68. The SMILES string of the molecule is CC(C)Cn1cc(C(=O)NCc2cn3ccccc3n2)c(=O)c(C(=O)N2CCCCCC2)c1. The average molecular weight is 450 g/mol. The van der Waals surface area contributed by atoms with Crippen LogP contribution in [0.5, 0.6) is 0 Å². The first-order valence-electron chi connectivity index (χ1n) is 11.7. The first kappa shape index (κ1) is 22.8. The third-order valence-electron chi connectivity index (χ3n) is 5.87. The first-order chi connectivity index (χ1) is 15.9. The van der Waals surface area contributed by atoms with Crippen molar-refractivity contribution in [3.8, 4) is 0 Å². The maximum Gasteiger partial charge on any atom is 0.259 e. The molecule has 0 saturated carbocycles. The van der Waals surface area contributed by atoms with Gasteiger partial charge in [-0.05, 0) is 30.9 Å². The first-order valence-corrected chi connectivity index (χ1v) is 11.7. The molecule has 0 bridgehead atoms. The molecule has 3 aromatic rings. The van der Waals surface area contributed by atoms with Crippen molar-refractivity contribution in [2.75, 3.05) is 13.1 Å². The third kappa shape index (κ3) is 5.32. The van der Waals surface area contributed by atoms with Gasteiger partial charge in [-0.3, -0.25) is 14.4 Å². The molecule has 0 unspecified atom stereocenters. The van der Waals surface area contributed by atoms with E-state index in [1.54, 1.807) is 21.9 Å². The molecular formula is C25H31N5O3. The summed E-state index contributed by atoms with van der Waals surface area (Å²) in [4.78, 5) is 45.7. The van der Waals surface area contributed by atoms with E-state index in [-0.39, 0.29) is 23.6 Å². The van der Waals surface area contributed by atoms with Crippen LogP contribution in [-0.4, -0.2) is 43.8 Å².